The van der Waals surface area contributed by atoms with Gasteiger partial charge in [0.1, 0.15) is 11.9 Å². The lowest BCUT2D eigenvalue weighted by molar-refractivity contribution is -0.385. The number of nitro benzene ring substituents is 1. The Morgan fingerprint density at radius 2 is 2.04 bits per heavy atom. The Morgan fingerprint density at radius 3 is 2.75 bits per heavy atom. The summed E-state index contributed by atoms with van der Waals surface area (Å²) in [6, 6.07) is 11.2. The van der Waals surface area contributed by atoms with Crippen molar-refractivity contribution in [2.45, 2.75) is 20.0 Å². The van der Waals surface area contributed by atoms with Crippen LogP contribution in [-0.4, -0.2) is 17.5 Å². The third-order valence-electron chi connectivity index (χ3n) is 3.29. The lowest BCUT2D eigenvalue weighted by Crippen LogP contribution is -2.17. The largest absolute Gasteiger partial charge is 0.480 e. The van der Waals surface area contributed by atoms with E-state index in [0.717, 1.165) is 5.56 Å². The first kappa shape index (κ1) is 17.7. The number of halogens is 1. The van der Waals surface area contributed by atoms with Crippen molar-refractivity contribution in [3.05, 3.63) is 68.7 Å². The molecule has 0 aliphatic heterocycles. The Bertz CT molecular complexity index is 762. The van der Waals surface area contributed by atoms with Gasteiger partial charge in [-0.2, -0.15) is 0 Å². The van der Waals surface area contributed by atoms with Crippen molar-refractivity contribution in [2.75, 3.05) is 6.61 Å². The first-order chi connectivity index (χ1) is 11.4. The molecule has 0 radical (unpaired) electrons. The van der Waals surface area contributed by atoms with Gasteiger partial charge >= 0.3 is 5.97 Å². The van der Waals surface area contributed by atoms with Crippen molar-refractivity contribution in [1.29, 1.82) is 0 Å². The molecule has 0 fully saturated rings. The molecule has 24 heavy (non-hydrogen) atoms. The van der Waals surface area contributed by atoms with Crippen molar-refractivity contribution in [2.24, 2.45) is 0 Å². The van der Waals surface area contributed by atoms with E-state index in [0.29, 0.717) is 16.3 Å². The number of nitrogens with zero attached hydrogens (tertiary/aromatic N) is 1. The molecule has 126 valence electrons. The molecule has 2 aromatic carbocycles. The molecule has 0 aromatic heterocycles. The van der Waals surface area contributed by atoms with E-state index in [9.17, 15) is 14.9 Å². The van der Waals surface area contributed by atoms with Gasteiger partial charge in [-0.15, -0.1) is 0 Å². The predicted octanol–water partition coefficient (Wildman–Crippen LogP) is 4.24. The van der Waals surface area contributed by atoms with Gasteiger partial charge in [-0.05, 0) is 37.1 Å². The standard InChI is InChI=1S/C17H16ClNO5/c1-11-6-7-15(18)16(8-11)23-10-17(20)24-12(2)13-4-3-5-14(9-13)19(21)22/h3-9,12H,10H2,1-2H3/t12-/m1/s1. The van der Waals surface area contributed by atoms with E-state index in [1.807, 2.05) is 13.0 Å². The fourth-order valence-electron chi connectivity index (χ4n) is 2.05. The van der Waals surface area contributed by atoms with Gasteiger partial charge in [0.15, 0.2) is 6.61 Å². The first-order valence-electron chi connectivity index (χ1n) is 7.19. The Balaban J connectivity index is 1.95. The van der Waals surface area contributed by atoms with E-state index in [1.165, 1.54) is 12.1 Å². The smallest absolute Gasteiger partial charge is 0.344 e. The number of non-ortho nitro benzene ring substituents is 1. The Hall–Kier alpha value is -2.60. The number of hydrogen-bond acceptors (Lipinski definition) is 5. The normalized spacial score (nSPS) is 11.6. The number of carbonyl (C=O) groups is 1. The summed E-state index contributed by atoms with van der Waals surface area (Å²) in [5.41, 5.74) is 1.43. The molecule has 0 bridgehead atoms. The van der Waals surface area contributed by atoms with Gasteiger partial charge in [0.25, 0.3) is 5.69 Å². The molecule has 0 unspecified atom stereocenters. The Labute approximate surface area is 144 Å². The van der Waals surface area contributed by atoms with Crippen LogP contribution < -0.4 is 4.74 Å². The van der Waals surface area contributed by atoms with Crippen LogP contribution in [0.15, 0.2) is 42.5 Å². The average molecular weight is 350 g/mol. The van der Waals surface area contributed by atoms with E-state index in [1.54, 1.807) is 31.2 Å². The van der Waals surface area contributed by atoms with Crippen LogP contribution in [0, 0.1) is 17.0 Å². The summed E-state index contributed by atoms with van der Waals surface area (Å²) in [4.78, 5) is 22.2. The van der Waals surface area contributed by atoms with Crippen LogP contribution in [0.5, 0.6) is 5.75 Å². The number of benzene rings is 2. The summed E-state index contributed by atoms with van der Waals surface area (Å²) in [7, 11) is 0. The molecule has 7 heteroatoms. The van der Waals surface area contributed by atoms with E-state index >= 15 is 0 Å². The fourth-order valence-corrected chi connectivity index (χ4v) is 2.22. The molecule has 0 saturated carbocycles. The molecule has 6 nitrogen and oxygen atoms in total. The quantitative estimate of drug-likeness (QED) is 0.442. The second-order valence-corrected chi connectivity index (χ2v) is 5.61. The maximum Gasteiger partial charge on any atom is 0.344 e. The summed E-state index contributed by atoms with van der Waals surface area (Å²) in [6.45, 7) is 3.21. The van der Waals surface area contributed by atoms with E-state index in [4.69, 9.17) is 21.1 Å². The molecule has 0 saturated heterocycles. The van der Waals surface area contributed by atoms with Crippen LogP contribution in [0.3, 0.4) is 0 Å². The molecule has 2 aromatic rings. The van der Waals surface area contributed by atoms with Gasteiger partial charge in [0.05, 0.1) is 9.95 Å². The van der Waals surface area contributed by atoms with Gasteiger partial charge in [0, 0.05) is 12.1 Å². The number of aryl methyl sites for hydroxylation is 1. The van der Waals surface area contributed by atoms with Crippen molar-refractivity contribution in [3.8, 4) is 5.75 Å². The summed E-state index contributed by atoms with van der Waals surface area (Å²) < 4.78 is 10.6. The number of nitro groups is 1. The van der Waals surface area contributed by atoms with Crippen LogP contribution >= 0.6 is 11.6 Å². The molecular formula is C17H16ClNO5. The fraction of sp³-hybridized carbons (Fsp3) is 0.235. The Morgan fingerprint density at radius 1 is 1.29 bits per heavy atom. The average Bonchev–Trinajstić information content (AvgIpc) is 2.55. The SMILES string of the molecule is Cc1ccc(Cl)c(OCC(=O)O[C@H](C)c2cccc([N+](=O)[O-])c2)c1. The number of hydrogen-bond donors (Lipinski definition) is 0. The summed E-state index contributed by atoms with van der Waals surface area (Å²) in [6.07, 6.45) is -0.631. The van der Waals surface area contributed by atoms with Crippen LogP contribution in [-0.2, 0) is 9.53 Å². The van der Waals surface area contributed by atoms with E-state index in [2.05, 4.69) is 0 Å². The van der Waals surface area contributed by atoms with Gasteiger partial charge in [-0.3, -0.25) is 10.1 Å². The number of carbonyl (C=O) groups excluding carboxylic acids is 1. The van der Waals surface area contributed by atoms with Crippen LogP contribution in [0.2, 0.25) is 5.02 Å². The number of ether oxygens (including phenoxy) is 2. The number of esters is 1. The number of rotatable bonds is 6. The maximum atomic E-state index is 11.9. The molecule has 0 heterocycles. The van der Waals surface area contributed by atoms with Crippen LogP contribution in [0.1, 0.15) is 24.2 Å². The lowest BCUT2D eigenvalue weighted by atomic mass is 10.1. The van der Waals surface area contributed by atoms with Gasteiger partial charge in [0.2, 0.25) is 0 Å². The summed E-state index contributed by atoms with van der Waals surface area (Å²) in [5, 5.41) is 11.2. The van der Waals surface area contributed by atoms with Gasteiger partial charge < -0.3 is 9.47 Å². The lowest BCUT2D eigenvalue weighted by Gasteiger charge is -2.14. The second-order valence-electron chi connectivity index (χ2n) is 5.21. The topological polar surface area (TPSA) is 78.7 Å². The monoisotopic (exact) mass is 349 g/mol. The molecule has 0 aliphatic rings. The molecule has 0 aliphatic carbocycles. The van der Waals surface area contributed by atoms with Gasteiger partial charge in [-0.25, -0.2) is 4.79 Å². The third kappa shape index (κ3) is 4.70. The molecule has 0 amide bonds. The first-order valence-corrected chi connectivity index (χ1v) is 7.57. The summed E-state index contributed by atoms with van der Waals surface area (Å²) in [5.74, 6) is -0.191. The summed E-state index contributed by atoms with van der Waals surface area (Å²) >= 11 is 5.99. The van der Waals surface area contributed by atoms with Crippen molar-refractivity contribution in [1.82, 2.24) is 0 Å². The minimum atomic E-state index is -0.631. The highest BCUT2D eigenvalue weighted by Crippen LogP contribution is 2.26. The van der Waals surface area contributed by atoms with Gasteiger partial charge in [-0.1, -0.05) is 29.8 Å². The van der Waals surface area contributed by atoms with Crippen molar-refractivity contribution < 1.29 is 19.2 Å². The van der Waals surface area contributed by atoms with Crippen LogP contribution in [0.4, 0.5) is 5.69 Å². The van der Waals surface area contributed by atoms with Crippen molar-refractivity contribution >= 4 is 23.3 Å². The second kappa shape index (κ2) is 7.79. The molecule has 0 spiro atoms. The molecule has 1 atom stereocenters. The van der Waals surface area contributed by atoms with Crippen molar-refractivity contribution in [3.63, 3.8) is 0 Å². The van der Waals surface area contributed by atoms with Crippen LogP contribution in [0.25, 0.3) is 0 Å². The molecular weight excluding hydrogens is 334 g/mol. The highest BCUT2D eigenvalue weighted by Gasteiger charge is 2.16. The minimum Gasteiger partial charge on any atom is -0.480 e. The minimum absolute atomic E-state index is 0.0572. The predicted molar refractivity (Wildman–Crippen MR) is 89.3 cm³/mol. The zero-order valence-electron chi connectivity index (χ0n) is 13.2. The third-order valence-corrected chi connectivity index (χ3v) is 3.60. The zero-order chi connectivity index (χ0) is 17.7. The zero-order valence-corrected chi connectivity index (χ0v) is 13.9. The van der Waals surface area contributed by atoms with E-state index in [-0.39, 0.29) is 12.3 Å². The molecule has 0 N–H and O–H groups in total. The highest BCUT2D eigenvalue weighted by atomic mass is 35.5. The maximum absolute atomic E-state index is 11.9. The Kier molecular flexibility index (Phi) is 5.76. The van der Waals surface area contributed by atoms with E-state index < -0.39 is 17.0 Å². The molecule has 2 rings (SSSR count). The highest BCUT2D eigenvalue weighted by molar-refractivity contribution is 6.32.